The summed E-state index contributed by atoms with van der Waals surface area (Å²) in [6.45, 7) is 9.11. The molecule has 0 bridgehead atoms. The van der Waals surface area contributed by atoms with Crippen LogP contribution in [-0.2, 0) is 4.74 Å². The molecular weight excluding hydrogens is 196 g/mol. The maximum absolute atomic E-state index is 6.06. The zero-order chi connectivity index (χ0) is 10.6. The van der Waals surface area contributed by atoms with Crippen LogP contribution < -0.4 is 0 Å². The Hall–Kier alpha value is 0.250. The first kappa shape index (κ1) is 10.8. The molecule has 1 saturated carbocycles. The Balaban J connectivity index is 2.17. The van der Waals surface area contributed by atoms with Gasteiger partial charge in [-0.05, 0) is 43.4 Å². The number of rotatable bonds is 1. The summed E-state index contributed by atoms with van der Waals surface area (Å²) in [4.78, 5) is 0. The smallest absolute Gasteiger partial charge is 0.0556 e. The topological polar surface area (TPSA) is 9.23 Å². The molecule has 0 radical (unpaired) electrons. The molecule has 14 heavy (non-hydrogen) atoms. The molecule has 3 unspecified atom stereocenters. The molecule has 1 nitrogen and oxygen atoms in total. The average molecular weight is 217 g/mol. The van der Waals surface area contributed by atoms with Gasteiger partial charge < -0.3 is 4.74 Å². The van der Waals surface area contributed by atoms with E-state index >= 15 is 0 Å². The van der Waals surface area contributed by atoms with Crippen LogP contribution in [0.2, 0.25) is 0 Å². The van der Waals surface area contributed by atoms with Crippen LogP contribution in [0.1, 0.15) is 40.5 Å². The second-order valence-electron chi connectivity index (χ2n) is 5.75. The zero-order valence-electron chi connectivity index (χ0n) is 9.64. The second kappa shape index (κ2) is 3.12. The highest BCUT2D eigenvalue weighted by Gasteiger charge is 2.70. The Labute approximate surface area is 92.2 Å². The van der Waals surface area contributed by atoms with Crippen molar-refractivity contribution < 1.29 is 4.74 Å². The Bertz CT molecular complexity index is 226. The van der Waals surface area contributed by atoms with Crippen molar-refractivity contribution in [2.45, 2.75) is 52.7 Å². The highest BCUT2D eigenvalue weighted by Crippen LogP contribution is 2.74. The molecule has 0 aromatic heterocycles. The van der Waals surface area contributed by atoms with E-state index in [1.54, 1.807) is 0 Å². The fraction of sp³-hybridized carbons (Fsp3) is 1.00. The van der Waals surface area contributed by atoms with E-state index in [2.05, 4.69) is 27.7 Å². The number of hydrogen-bond donors (Lipinski definition) is 0. The van der Waals surface area contributed by atoms with Crippen molar-refractivity contribution in [2.24, 2.45) is 16.7 Å². The van der Waals surface area contributed by atoms with Gasteiger partial charge in [-0.3, -0.25) is 0 Å². The van der Waals surface area contributed by atoms with Crippen LogP contribution in [0.3, 0.4) is 0 Å². The summed E-state index contributed by atoms with van der Waals surface area (Å²) in [5, 5.41) is 0. The van der Waals surface area contributed by atoms with Crippen LogP contribution in [0, 0.1) is 16.7 Å². The van der Waals surface area contributed by atoms with E-state index in [4.69, 9.17) is 16.3 Å². The lowest BCUT2D eigenvalue weighted by Gasteiger charge is -2.35. The van der Waals surface area contributed by atoms with Gasteiger partial charge in [0.15, 0.2) is 0 Å². The Morgan fingerprint density at radius 3 is 2.07 bits per heavy atom. The van der Waals surface area contributed by atoms with Crippen molar-refractivity contribution >= 4 is 11.6 Å². The normalized spacial score (nSPS) is 50.8. The van der Waals surface area contributed by atoms with Gasteiger partial charge in [0.1, 0.15) is 0 Å². The van der Waals surface area contributed by atoms with Gasteiger partial charge >= 0.3 is 0 Å². The molecule has 0 aromatic carbocycles. The van der Waals surface area contributed by atoms with Crippen molar-refractivity contribution in [1.82, 2.24) is 0 Å². The van der Waals surface area contributed by atoms with E-state index in [-0.39, 0.29) is 0 Å². The molecule has 1 saturated heterocycles. The molecule has 1 spiro atoms. The number of halogens is 1. The van der Waals surface area contributed by atoms with Gasteiger partial charge in [-0.25, -0.2) is 0 Å². The van der Waals surface area contributed by atoms with Crippen LogP contribution in [0.25, 0.3) is 0 Å². The summed E-state index contributed by atoms with van der Waals surface area (Å²) >= 11 is 6.06. The van der Waals surface area contributed by atoms with E-state index in [1.165, 1.54) is 12.8 Å². The molecule has 1 heterocycles. The van der Waals surface area contributed by atoms with Crippen LogP contribution >= 0.6 is 11.6 Å². The first-order chi connectivity index (χ1) is 6.44. The van der Waals surface area contributed by atoms with E-state index in [9.17, 15) is 0 Å². The first-order valence-corrected chi connectivity index (χ1v) is 6.19. The number of ether oxygens (including phenoxy) is 1. The fourth-order valence-corrected chi connectivity index (χ4v) is 4.50. The van der Waals surface area contributed by atoms with E-state index in [1.807, 2.05) is 0 Å². The summed E-state index contributed by atoms with van der Waals surface area (Å²) in [5.41, 5.74) is 0.910. The predicted octanol–water partition coefficient (Wildman–Crippen LogP) is 3.46. The highest BCUT2D eigenvalue weighted by atomic mass is 35.5. The molecule has 3 atom stereocenters. The van der Waals surface area contributed by atoms with Crippen LogP contribution in [0.5, 0.6) is 0 Å². The third-order valence-electron chi connectivity index (χ3n) is 4.66. The predicted molar refractivity (Wildman–Crippen MR) is 59.7 cm³/mol. The molecule has 0 aromatic rings. The van der Waals surface area contributed by atoms with Gasteiger partial charge in [-0.2, -0.15) is 0 Å². The largest absolute Gasteiger partial charge is 0.376 e. The Morgan fingerprint density at radius 1 is 1.21 bits per heavy atom. The minimum Gasteiger partial charge on any atom is -0.376 e. The summed E-state index contributed by atoms with van der Waals surface area (Å²) < 4.78 is 5.80. The van der Waals surface area contributed by atoms with Crippen molar-refractivity contribution in [3.05, 3.63) is 0 Å². The third kappa shape index (κ3) is 1.25. The van der Waals surface area contributed by atoms with Gasteiger partial charge in [0.25, 0.3) is 0 Å². The summed E-state index contributed by atoms with van der Waals surface area (Å²) in [6, 6.07) is 0. The minimum absolute atomic E-state index is 0.409. The highest BCUT2D eigenvalue weighted by molar-refractivity contribution is 6.18. The fourth-order valence-electron chi connectivity index (χ4n) is 3.82. The molecule has 82 valence electrons. The van der Waals surface area contributed by atoms with Gasteiger partial charge in [0.05, 0.1) is 12.2 Å². The quantitative estimate of drug-likeness (QED) is 0.610. The van der Waals surface area contributed by atoms with Crippen LogP contribution in [0.4, 0.5) is 0 Å². The third-order valence-corrected chi connectivity index (χ3v) is 4.97. The van der Waals surface area contributed by atoms with Gasteiger partial charge in [-0.15, -0.1) is 11.6 Å². The average Bonchev–Trinajstić information content (AvgIpc) is 2.43. The molecule has 1 aliphatic heterocycles. The lowest BCUT2D eigenvalue weighted by Crippen LogP contribution is -2.33. The zero-order valence-corrected chi connectivity index (χ0v) is 10.4. The minimum atomic E-state index is 0.409. The molecular formula is C12H21ClO. The number of alkyl halides is 1. The van der Waals surface area contributed by atoms with Crippen molar-refractivity contribution in [2.75, 3.05) is 5.88 Å². The Morgan fingerprint density at radius 2 is 1.71 bits per heavy atom. The van der Waals surface area contributed by atoms with E-state index in [0.29, 0.717) is 29.0 Å². The standard InChI is InChI=1S/C12H21ClO/c1-8-5-12(6-9(2)14-8)10(7-13)11(12,3)4/h8-10H,5-7H2,1-4H3. The van der Waals surface area contributed by atoms with Crippen LogP contribution in [0.15, 0.2) is 0 Å². The SMILES string of the molecule is CC1CC2(CC(C)O1)C(CCl)C2(C)C. The lowest BCUT2D eigenvalue weighted by molar-refractivity contribution is -0.0689. The van der Waals surface area contributed by atoms with Gasteiger partial charge in [0, 0.05) is 5.88 Å². The molecule has 0 amide bonds. The molecule has 2 rings (SSSR count). The van der Waals surface area contributed by atoms with Crippen LogP contribution in [-0.4, -0.2) is 18.1 Å². The molecule has 2 heteroatoms. The monoisotopic (exact) mass is 216 g/mol. The second-order valence-corrected chi connectivity index (χ2v) is 6.06. The summed E-state index contributed by atoms with van der Waals surface area (Å²) in [7, 11) is 0. The molecule has 2 fully saturated rings. The Kier molecular flexibility index (Phi) is 2.40. The van der Waals surface area contributed by atoms with Gasteiger partial charge in [-0.1, -0.05) is 13.8 Å². The maximum Gasteiger partial charge on any atom is 0.0556 e. The molecule has 1 aliphatic carbocycles. The van der Waals surface area contributed by atoms with Crippen molar-refractivity contribution in [3.63, 3.8) is 0 Å². The lowest BCUT2D eigenvalue weighted by atomic mass is 9.82. The van der Waals surface area contributed by atoms with Crippen molar-refractivity contribution in [3.8, 4) is 0 Å². The molecule has 0 N–H and O–H groups in total. The summed E-state index contributed by atoms with van der Waals surface area (Å²) in [5.74, 6) is 1.51. The number of hydrogen-bond acceptors (Lipinski definition) is 1. The first-order valence-electron chi connectivity index (χ1n) is 5.65. The maximum atomic E-state index is 6.06. The van der Waals surface area contributed by atoms with Gasteiger partial charge in [0.2, 0.25) is 0 Å². The summed E-state index contributed by atoms with van der Waals surface area (Å²) in [6.07, 6.45) is 3.21. The van der Waals surface area contributed by atoms with E-state index in [0.717, 1.165) is 5.88 Å². The van der Waals surface area contributed by atoms with Crippen molar-refractivity contribution in [1.29, 1.82) is 0 Å². The molecule has 2 aliphatic rings. The van der Waals surface area contributed by atoms with E-state index < -0.39 is 0 Å².